The molecule has 1 N–H and O–H groups in total. The smallest absolute Gasteiger partial charge is 0.274 e. The molecule has 2 heterocycles. The molecule has 0 radical (unpaired) electrons. The largest absolute Gasteiger partial charge is 0.361 e. The minimum Gasteiger partial charge on any atom is -0.361 e. The highest BCUT2D eigenvalue weighted by Crippen LogP contribution is 2.20. The van der Waals surface area contributed by atoms with Crippen molar-refractivity contribution in [2.75, 3.05) is 7.05 Å². The number of nitrogens with one attached hydrogen (secondary N) is 1. The molecule has 0 saturated heterocycles. The highest BCUT2D eigenvalue weighted by Gasteiger charge is 2.21. The average molecular weight is 276 g/mol. The third kappa shape index (κ3) is 3.07. The van der Waals surface area contributed by atoms with Crippen molar-refractivity contribution in [2.45, 2.75) is 39.7 Å². The first kappa shape index (κ1) is 14.3. The number of H-pyrrole nitrogens is 1. The Balaban J connectivity index is 2.09. The topological polar surface area (TPSA) is 75.0 Å². The molecule has 0 saturated carbocycles. The van der Waals surface area contributed by atoms with Crippen molar-refractivity contribution in [3.63, 3.8) is 0 Å². The van der Waals surface area contributed by atoms with Gasteiger partial charge in [0.2, 0.25) is 0 Å². The van der Waals surface area contributed by atoms with Gasteiger partial charge in [0, 0.05) is 24.2 Å². The van der Waals surface area contributed by atoms with E-state index in [-0.39, 0.29) is 11.3 Å². The van der Waals surface area contributed by atoms with Crippen LogP contribution in [0.3, 0.4) is 0 Å². The highest BCUT2D eigenvalue weighted by atomic mass is 16.5. The summed E-state index contributed by atoms with van der Waals surface area (Å²) in [5.41, 5.74) is 2.02. The van der Waals surface area contributed by atoms with Gasteiger partial charge in [0.05, 0.1) is 6.54 Å². The summed E-state index contributed by atoms with van der Waals surface area (Å²) in [6, 6.07) is 3.61. The first-order valence-corrected chi connectivity index (χ1v) is 6.51. The second kappa shape index (κ2) is 5.11. The molecule has 20 heavy (non-hydrogen) atoms. The molecule has 2 rings (SSSR count). The molecular weight excluding hydrogens is 256 g/mol. The summed E-state index contributed by atoms with van der Waals surface area (Å²) in [5.74, 6) is 0.591. The third-order valence-corrected chi connectivity index (χ3v) is 3.03. The molecule has 1 amide bonds. The van der Waals surface area contributed by atoms with Crippen LogP contribution in [0.5, 0.6) is 0 Å². The molecule has 0 aromatic carbocycles. The predicted octanol–water partition coefficient (Wildman–Crippen LogP) is 2.28. The van der Waals surface area contributed by atoms with Crippen LogP contribution in [0, 0.1) is 6.92 Å². The summed E-state index contributed by atoms with van der Waals surface area (Å²) in [6.45, 7) is 8.42. The summed E-state index contributed by atoms with van der Waals surface area (Å²) >= 11 is 0. The molecule has 0 atom stereocenters. The third-order valence-electron chi connectivity index (χ3n) is 3.03. The van der Waals surface area contributed by atoms with Crippen molar-refractivity contribution >= 4 is 5.91 Å². The fourth-order valence-corrected chi connectivity index (χ4v) is 1.82. The summed E-state index contributed by atoms with van der Waals surface area (Å²) in [6.07, 6.45) is 0. The standard InChI is InChI=1S/C14H20N4O2/c1-9-6-10(17-20-9)8-18(5)13(19)11-7-12(16-15-11)14(2,3)4/h6-7H,8H2,1-5H3,(H,15,16). The Bertz CT molecular complexity index is 607. The van der Waals surface area contributed by atoms with Gasteiger partial charge in [-0.15, -0.1) is 0 Å². The average Bonchev–Trinajstić information content (AvgIpc) is 2.96. The summed E-state index contributed by atoms with van der Waals surface area (Å²) in [5, 5.41) is 10.9. The maximum Gasteiger partial charge on any atom is 0.274 e. The maximum absolute atomic E-state index is 12.3. The lowest BCUT2D eigenvalue weighted by Gasteiger charge is -2.15. The van der Waals surface area contributed by atoms with Crippen molar-refractivity contribution in [3.8, 4) is 0 Å². The minimum atomic E-state index is -0.141. The molecule has 108 valence electrons. The Labute approximate surface area is 118 Å². The van der Waals surface area contributed by atoms with Gasteiger partial charge in [0.1, 0.15) is 17.1 Å². The number of carbonyl (C=O) groups excluding carboxylic acids is 1. The Hall–Kier alpha value is -2.11. The number of aromatic nitrogens is 3. The second-order valence-corrected chi connectivity index (χ2v) is 6.01. The lowest BCUT2D eigenvalue weighted by Crippen LogP contribution is -2.26. The number of hydrogen-bond acceptors (Lipinski definition) is 4. The lowest BCUT2D eigenvalue weighted by atomic mass is 9.92. The number of carbonyl (C=O) groups is 1. The van der Waals surface area contributed by atoms with E-state index in [0.717, 1.165) is 17.1 Å². The number of aromatic amines is 1. The van der Waals surface area contributed by atoms with Crippen molar-refractivity contribution < 1.29 is 9.32 Å². The molecule has 0 fully saturated rings. The van der Waals surface area contributed by atoms with Crippen LogP contribution in [0.2, 0.25) is 0 Å². The van der Waals surface area contributed by atoms with Crippen molar-refractivity contribution in [1.82, 2.24) is 20.3 Å². The van der Waals surface area contributed by atoms with Crippen LogP contribution in [0.25, 0.3) is 0 Å². The van der Waals surface area contributed by atoms with E-state index in [1.165, 1.54) is 0 Å². The van der Waals surface area contributed by atoms with Crippen LogP contribution < -0.4 is 0 Å². The fraction of sp³-hybridized carbons (Fsp3) is 0.500. The van der Waals surface area contributed by atoms with Crippen LogP contribution in [-0.4, -0.2) is 33.2 Å². The Morgan fingerprint density at radius 1 is 1.40 bits per heavy atom. The summed E-state index contributed by atoms with van der Waals surface area (Å²) in [4.78, 5) is 13.9. The van der Waals surface area contributed by atoms with Gasteiger partial charge >= 0.3 is 0 Å². The molecule has 0 aliphatic carbocycles. The van der Waals surface area contributed by atoms with Gasteiger partial charge in [-0.05, 0) is 13.0 Å². The molecule has 0 bridgehead atoms. The van der Waals surface area contributed by atoms with E-state index in [0.29, 0.717) is 12.2 Å². The Kier molecular flexibility index (Phi) is 3.65. The van der Waals surface area contributed by atoms with Crippen molar-refractivity contribution in [1.29, 1.82) is 0 Å². The SMILES string of the molecule is Cc1cc(CN(C)C(=O)c2cc(C(C)(C)C)[nH]n2)no1. The molecule has 0 spiro atoms. The molecule has 0 aliphatic rings. The van der Waals surface area contributed by atoms with E-state index in [4.69, 9.17) is 4.52 Å². The van der Waals surface area contributed by atoms with Gasteiger partial charge in [-0.2, -0.15) is 5.10 Å². The van der Waals surface area contributed by atoms with Crippen LogP contribution in [-0.2, 0) is 12.0 Å². The predicted molar refractivity (Wildman–Crippen MR) is 74.3 cm³/mol. The van der Waals surface area contributed by atoms with Crippen molar-refractivity contribution in [2.24, 2.45) is 0 Å². The van der Waals surface area contributed by atoms with Crippen LogP contribution in [0.15, 0.2) is 16.7 Å². The van der Waals surface area contributed by atoms with Gasteiger partial charge in [-0.25, -0.2) is 0 Å². The normalized spacial score (nSPS) is 11.7. The first-order valence-electron chi connectivity index (χ1n) is 6.51. The van der Waals surface area contributed by atoms with Gasteiger partial charge < -0.3 is 9.42 Å². The fourth-order valence-electron chi connectivity index (χ4n) is 1.82. The Morgan fingerprint density at radius 3 is 2.60 bits per heavy atom. The van der Waals surface area contributed by atoms with Crippen LogP contribution in [0.1, 0.15) is 48.4 Å². The zero-order valence-corrected chi connectivity index (χ0v) is 12.5. The van der Waals surface area contributed by atoms with E-state index in [1.54, 1.807) is 18.0 Å². The number of aryl methyl sites for hydroxylation is 1. The van der Waals surface area contributed by atoms with Crippen molar-refractivity contribution in [3.05, 3.63) is 35.0 Å². The molecule has 0 aliphatic heterocycles. The summed E-state index contributed by atoms with van der Waals surface area (Å²) in [7, 11) is 1.72. The number of amides is 1. The zero-order chi connectivity index (χ0) is 14.9. The molecule has 2 aromatic rings. The zero-order valence-electron chi connectivity index (χ0n) is 12.5. The van der Waals surface area contributed by atoms with E-state index in [2.05, 4.69) is 36.1 Å². The van der Waals surface area contributed by atoms with E-state index >= 15 is 0 Å². The number of rotatable bonds is 3. The number of nitrogens with zero attached hydrogens (tertiary/aromatic N) is 3. The van der Waals surface area contributed by atoms with Crippen LogP contribution >= 0.6 is 0 Å². The summed E-state index contributed by atoms with van der Waals surface area (Å²) < 4.78 is 4.99. The first-order chi connectivity index (χ1) is 9.27. The molecular formula is C14H20N4O2. The lowest BCUT2D eigenvalue weighted by molar-refractivity contribution is 0.0776. The van der Waals surface area contributed by atoms with Gasteiger partial charge in [-0.1, -0.05) is 25.9 Å². The second-order valence-electron chi connectivity index (χ2n) is 6.01. The molecule has 6 heteroatoms. The van der Waals surface area contributed by atoms with E-state index < -0.39 is 0 Å². The molecule has 6 nitrogen and oxygen atoms in total. The Morgan fingerprint density at radius 2 is 2.10 bits per heavy atom. The van der Waals surface area contributed by atoms with Gasteiger partial charge in [0.25, 0.3) is 5.91 Å². The van der Waals surface area contributed by atoms with Gasteiger partial charge in [0.15, 0.2) is 0 Å². The minimum absolute atomic E-state index is 0.0622. The van der Waals surface area contributed by atoms with Crippen LogP contribution in [0.4, 0.5) is 0 Å². The van der Waals surface area contributed by atoms with E-state index in [9.17, 15) is 4.79 Å². The monoisotopic (exact) mass is 276 g/mol. The van der Waals surface area contributed by atoms with E-state index in [1.807, 2.05) is 13.0 Å². The highest BCUT2D eigenvalue weighted by molar-refractivity contribution is 5.92. The number of hydrogen-bond donors (Lipinski definition) is 1. The maximum atomic E-state index is 12.3. The molecule has 2 aromatic heterocycles. The quantitative estimate of drug-likeness (QED) is 0.933. The molecule has 0 unspecified atom stereocenters. The van der Waals surface area contributed by atoms with Gasteiger partial charge in [-0.3, -0.25) is 9.89 Å².